The Labute approximate surface area is 317 Å². The van der Waals surface area contributed by atoms with Gasteiger partial charge in [0.05, 0.1) is 22.5 Å². The summed E-state index contributed by atoms with van der Waals surface area (Å²) in [6.07, 6.45) is -23.4. The predicted octanol–water partition coefficient (Wildman–Crippen LogP) is 10.3. The third kappa shape index (κ3) is 8.90. The summed E-state index contributed by atoms with van der Waals surface area (Å²) in [6.45, 7) is 11.2. The zero-order chi connectivity index (χ0) is 44.1. The monoisotopic (exact) mass is 832 g/mol. The quantitative estimate of drug-likeness (QED) is 0.189. The molecule has 2 N–H and O–H groups in total. The number of anilines is 2. The summed E-state index contributed by atoms with van der Waals surface area (Å²) in [7, 11) is 3.26. The highest BCUT2D eigenvalue weighted by molar-refractivity contribution is 6.07. The first kappa shape index (κ1) is 46.3. The lowest BCUT2D eigenvalue weighted by Gasteiger charge is -2.32. The van der Waals surface area contributed by atoms with E-state index in [2.05, 4.69) is 20.8 Å². The second-order valence-electron chi connectivity index (χ2n) is 13.3. The van der Waals surface area contributed by atoms with Crippen LogP contribution in [0, 0.1) is 55.4 Å². The lowest BCUT2D eigenvalue weighted by atomic mass is 9.87. The van der Waals surface area contributed by atoms with Crippen molar-refractivity contribution in [3.63, 3.8) is 0 Å². The predicted molar refractivity (Wildman–Crippen MR) is 183 cm³/mol. The van der Waals surface area contributed by atoms with E-state index in [-0.39, 0.29) is 33.6 Å². The summed E-state index contributed by atoms with van der Waals surface area (Å²) in [5, 5.41) is 13.2. The topological polar surface area (TPSA) is 93.8 Å². The van der Waals surface area contributed by atoms with Crippen LogP contribution in [0.3, 0.4) is 0 Å². The smallest absolute Gasteiger partial charge is 0.322 e. The molecule has 0 saturated heterocycles. The minimum Gasteiger partial charge on any atom is -0.322 e. The van der Waals surface area contributed by atoms with E-state index in [0.29, 0.717) is 34.4 Å². The minimum atomic E-state index is -6.21. The zero-order valence-electron chi connectivity index (χ0n) is 31.9. The van der Waals surface area contributed by atoms with Gasteiger partial charge in [0.1, 0.15) is 0 Å². The van der Waals surface area contributed by atoms with E-state index in [1.54, 1.807) is 41.8 Å². The van der Waals surface area contributed by atoms with Gasteiger partial charge in [-0.1, -0.05) is 12.1 Å². The molecule has 0 radical (unpaired) electrons. The summed E-state index contributed by atoms with van der Waals surface area (Å²) in [6, 6.07) is 3.03. The zero-order valence-corrected chi connectivity index (χ0v) is 31.9. The number of alkyl halides is 13. The van der Waals surface area contributed by atoms with Gasteiger partial charge >= 0.3 is 30.4 Å². The van der Waals surface area contributed by atoms with Crippen molar-refractivity contribution in [1.29, 1.82) is 0 Å². The summed E-state index contributed by atoms with van der Waals surface area (Å²) in [5.41, 5.74) is -6.17. The summed E-state index contributed by atoms with van der Waals surface area (Å²) >= 11 is 0. The number of nitrogens with zero attached hydrogens (tertiary/aromatic N) is 4. The molecule has 2 heterocycles. The number of hydrogen-bond acceptors (Lipinski definition) is 4. The highest BCUT2D eigenvalue weighted by atomic mass is 19.4. The van der Waals surface area contributed by atoms with Gasteiger partial charge in [-0.15, -0.1) is 0 Å². The van der Waals surface area contributed by atoms with E-state index in [1.807, 2.05) is 0 Å². The number of nitrogens with one attached hydrogen (secondary N) is 2. The van der Waals surface area contributed by atoms with Crippen LogP contribution in [0.5, 0.6) is 0 Å². The fourth-order valence-corrected chi connectivity index (χ4v) is 6.20. The van der Waals surface area contributed by atoms with Gasteiger partial charge in [-0.3, -0.25) is 19.0 Å². The van der Waals surface area contributed by atoms with Crippen LogP contribution in [-0.4, -0.2) is 56.1 Å². The summed E-state index contributed by atoms with van der Waals surface area (Å²) in [4.78, 5) is 25.1. The van der Waals surface area contributed by atoms with Gasteiger partial charge in [0.2, 0.25) is 0 Å². The molecule has 0 spiro atoms. The summed E-state index contributed by atoms with van der Waals surface area (Å²) < 4.78 is 174. The molecule has 2 aromatic heterocycles. The Morgan fingerprint density at radius 3 is 1.21 bits per heavy atom. The van der Waals surface area contributed by atoms with Gasteiger partial charge in [-0.25, -0.2) is 4.39 Å². The minimum absolute atomic E-state index is 0.0365. The Balaban J connectivity index is 0.000000306. The second-order valence-corrected chi connectivity index (χ2v) is 13.3. The Hall–Kier alpha value is -5.11. The van der Waals surface area contributed by atoms with Crippen molar-refractivity contribution in [2.75, 3.05) is 10.6 Å². The van der Waals surface area contributed by atoms with Crippen LogP contribution < -0.4 is 10.6 Å². The number of rotatable bonds is 6. The molecule has 0 atom stereocenters. The first-order valence-corrected chi connectivity index (χ1v) is 16.5. The Bertz CT molecular complexity index is 2150. The number of benzene rings is 2. The van der Waals surface area contributed by atoms with Crippen molar-refractivity contribution in [3.05, 3.63) is 91.5 Å². The molecule has 0 unspecified atom stereocenters. The average molecular weight is 833 g/mol. The van der Waals surface area contributed by atoms with Gasteiger partial charge < -0.3 is 10.6 Å². The lowest BCUT2D eigenvalue weighted by molar-refractivity contribution is -0.348. The molecular weight excluding hydrogens is 795 g/mol. The highest BCUT2D eigenvalue weighted by Gasteiger charge is 2.74. The van der Waals surface area contributed by atoms with E-state index in [9.17, 15) is 66.7 Å². The molecule has 314 valence electrons. The number of hydrogen-bond donors (Lipinski definition) is 2. The lowest BCUT2D eigenvalue weighted by Crippen LogP contribution is -2.50. The fraction of sp³-hybridized carbons (Fsp3) is 0.444. The number of aryl methyl sites for hydroxylation is 4. The molecule has 8 nitrogen and oxygen atoms in total. The maximum absolute atomic E-state index is 14.4. The first-order chi connectivity index (χ1) is 25.7. The van der Waals surface area contributed by atoms with Gasteiger partial charge in [-0.2, -0.15) is 62.9 Å². The SMILES string of the molecule is Cc1nn(C)c(C)c1C(=O)Nc1ccc(C(C(F)(F)F)C(F)(F)F)c(C)c1C.Cc1nn(C)c(C)c1C(=O)Nc1ccc(C(F)(C(F)(F)F)C(F)(F)F)c(C)c1C. The van der Waals surface area contributed by atoms with E-state index >= 15 is 0 Å². The first-order valence-electron chi connectivity index (χ1n) is 16.5. The number of carbonyl (C=O) groups excluding carboxylic acids is 2. The number of aromatic nitrogens is 4. The molecule has 2 aromatic carbocycles. The van der Waals surface area contributed by atoms with Crippen molar-refractivity contribution in [2.24, 2.45) is 14.1 Å². The normalized spacial score (nSPS) is 12.8. The molecule has 0 aliphatic rings. The maximum atomic E-state index is 14.4. The number of amides is 2. The Kier molecular flexibility index (Phi) is 12.7. The Morgan fingerprint density at radius 1 is 0.544 bits per heavy atom. The molecular formula is C36H37F13N6O2. The van der Waals surface area contributed by atoms with Crippen LogP contribution >= 0.6 is 0 Å². The van der Waals surface area contributed by atoms with Gasteiger partial charge in [-0.05, 0) is 95.3 Å². The molecule has 0 bridgehead atoms. The van der Waals surface area contributed by atoms with E-state index < -0.39 is 64.8 Å². The van der Waals surface area contributed by atoms with Crippen molar-refractivity contribution in [2.45, 2.75) is 91.7 Å². The molecule has 21 heteroatoms. The third-order valence-corrected chi connectivity index (χ3v) is 9.70. The third-order valence-electron chi connectivity index (χ3n) is 9.70. The molecule has 0 aliphatic heterocycles. The molecule has 0 saturated carbocycles. The molecule has 4 rings (SSSR count). The van der Waals surface area contributed by atoms with Crippen LogP contribution in [0.15, 0.2) is 24.3 Å². The van der Waals surface area contributed by atoms with Crippen LogP contribution in [0.1, 0.15) is 82.8 Å². The van der Waals surface area contributed by atoms with E-state index in [4.69, 9.17) is 0 Å². The van der Waals surface area contributed by atoms with Gasteiger partial charge in [0.25, 0.3) is 11.8 Å². The van der Waals surface area contributed by atoms with Crippen molar-refractivity contribution in [1.82, 2.24) is 19.6 Å². The van der Waals surface area contributed by atoms with Crippen LogP contribution in [0.2, 0.25) is 0 Å². The van der Waals surface area contributed by atoms with Crippen LogP contribution in [-0.2, 0) is 19.8 Å². The fourth-order valence-electron chi connectivity index (χ4n) is 6.20. The van der Waals surface area contributed by atoms with E-state index in [0.717, 1.165) is 25.1 Å². The molecule has 0 aliphatic carbocycles. The average Bonchev–Trinajstić information content (AvgIpc) is 3.46. The Morgan fingerprint density at radius 2 is 0.895 bits per heavy atom. The van der Waals surface area contributed by atoms with Gasteiger partial charge in [0.15, 0.2) is 5.92 Å². The van der Waals surface area contributed by atoms with E-state index in [1.165, 1.54) is 30.1 Å². The molecule has 4 aromatic rings. The van der Waals surface area contributed by atoms with Crippen molar-refractivity contribution < 1.29 is 66.7 Å². The molecule has 2 amide bonds. The molecule has 57 heavy (non-hydrogen) atoms. The largest absolute Gasteiger partial charge is 0.435 e. The molecule has 0 fully saturated rings. The van der Waals surface area contributed by atoms with Crippen molar-refractivity contribution >= 4 is 23.2 Å². The number of carbonyl (C=O) groups is 2. The van der Waals surface area contributed by atoms with Crippen LogP contribution in [0.25, 0.3) is 0 Å². The highest BCUT2D eigenvalue weighted by Crippen LogP contribution is 2.54. The maximum Gasteiger partial charge on any atom is 0.435 e. The standard InChI is InChI=1S/C18H18F7N3O.C18H19F6N3O/c1-8-9(2)13(26-15(29)14-10(3)27-28(5)11(14)4)7-6-12(8)16(19,17(20,21)22)18(23,24)25;1-8-9(2)13(25-16(28)14-10(3)26-27(5)11(14)4)7-6-12(8)15(17(19,20)21)18(22,23)24/h6-7H,1-5H3,(H,26,29);6-7,15H,1-5H3,(H,25,28). The van der Waals surface area contributed by atoms with Crippen LogP contribution in [0.4, 0.5) is 68.5 Å². The second kappa shape index (κ2) is 15.7. The number of halogens is 13. The van der Waals surface area contributed by atoms with Crippen molar-refractivity contribution in [3.8, 4) is 0 Å². The van der Waals surface area contributed by atoms with Gasteiger partial charge in [0, 0.05) is 42.4 Å². The summed E-state index contributed by atoms with van der Waals surface area (Å²) in [5.74, 6) is -4.77.